The summed E-state index contributed by atoms with van der Waals surface area (Å²) in [5, 5.41) is 7.03. The Kier molecular flexibility index (Phi) is 2.72. The number of aryl methyl sites for hydroxylation is 2. The molecule has 0 radical (unpaired) electrons. The first-order valence-corrected chi connectivity index (χ1v) is 8.04. The maximum absolute atomic E-state index is 13.5. The first-order valence-electron chi connectivity index (χ1n) is 7.17. The lowest BCUT2D eigenvalue weighted by Crippen LogP contribution is -2.43. The number of nitrogens with zero attached hydrogens (tertiary/aromatic N) is 1. The van der Waals surface area contributed by atoms with Crippen LogP contribution in [0.5, 0.6) is 0 Å². The molecule has 2 aliphatic carbocycles. The molecule has 1 fully saturated rings. The van der Waals surface area contributed by atoms with Crippen LogP contribution in [-0.2, 0) is 12.0 Å². The third-order valence-corrected chi connectivity index (χ3v) is 5.43. The van der Waals surface area contributed by atoms with Crippen molar-refractivity contribution in [3.8, 4) is 0 Å². The highest BCUT2D eigenvalue weighted by Gasteiger charge is 2.45. The molecule has 0 aliphatic heterocycles. The quantitative estimate of drug-likeness (QED) is 0.934. The van der Waals surface area contributed by atoms with Crippen LogP contribution in [0.4, 0.5) is 4.39 Å². The van der Waals surface area contributed by atoms with E-state index in [2.05, 4.69) is 10.7 Å². The minimum Gasteiger partial charge on any atom is -0.299 e. The maximum atomic E-state index is 13.5. The monoisotopic (exact) mass is 288 g/mol. The van der Waals surface area contributed by atoms with E-state index in [-0.39, 0.29) is 11.4 Å². The van der Waals surface area contributed by atoms with Gasteiger partial charge in [-0.3, -0.25) is 5.32 Å². The number of rotatable bonds is 3. The second kappa shape index (κ2) is 4.37. The molecule has 1 N–H and O–H groups in total. The van der Waals surface area contributed by atoms with Gasteiger partial charge in [0.2, 0.25) is 0 Å². The Hall–Kier alpha value is -1.26. The van der Waals surface area contributed by atoms with E-state index in [4.69, 9.17) is 4.98 Å². The van der Waals surface area contributed by atoms with Crippen LogP contribution >= 0.6 is 11.3 Å². The van der Waals surface area contributed by atoms with Crippen LogP contribution in [0, 0.1) is 12.7 Å². The summed E-state index contributed by atoms with van der Waals surface area (Å²) in [5.41, 5.74) is 3.23. The standard InChI is InChI=1S/C16H17FN2S/c1-10-9-20-15(18-10)16(19-13-3-4-13)7-6-11-8-12(17)2-5-14(11)16/h2,5,8-9,13,19H,3-4,6-7H2,1H3. The smallest absolute Gasteiger partial charge is 0.123 e. The van der Waals surface area contributed by atoms with E-state index < -0.39 is 0 Å². The van der Waals surface area contributed by atoms with E-state index in [0.29, 0.717) is 6.04 Å². The molecular formula is C16H17FN2S. The molecule has 104 valence electrons. The number of halogens is 1. The Bertz CT molecular complexity index is 662. The fraction of sp³-hybridized carbons (Fsp3) is 0.438. The minimum atomic E-state index is -0.191. The van der Waals surface area contributed by atoms with Crippen molar-refractivity contribution >= 4 is 11.3 Å². The van der Waals surface area contributed by atoms with Gasteiger partial charge in [0.05, 0.1) is 5.54 Å². The van der Waals surface area contributed by atoms with Gasteiger partial charge in [-0.15, -0.1) is 11.3 Å². The third kappa shape index (κ3) is 1.90. The van der Waals surface area contributed by atoms with Crippen molar-refractivity contribution in [3.63, 3.8) is 0 Å². The van der Waals surface area contributed by atoms with Crippen molar-refractivity contribution in [1.29, 1.82) is 0 Å². The first kappa shape index (κ1) is 12.5. The number of benzene rings is 1. The van der Waals surface area contributed by atoms with Gasteiger partial charge in [0.25, 0.3) is 0 Å². The van der Waals surface area contributed by atoms with Gasteiger partial charge in [0.15, 0.2) is 0 Å². The molecule has 1 saturated carbocycles. The van der Waals surface area contributed by atoms with Gasteiger partial charge in [0, 0.05) is 17.1 Å². The zero-order chi connectivity index (χ0) is 13.7. The summed E-state index contributed by atoms with van der Waals surface area (Å²) in [6, 6.07) is 5.80. The molecule has 0 spiro atoms. The maximum Gasteiger partial charge on any atom is 0.123 e. The lowest BCUT2D eigenvalue weighted by atomic mass is 9.92. The predicted octanol–water partition coefficient (Wildman–Crippen LogP) is 3.53. The van der Waals surface area contributed by atoms with Gasteiger partial charge >= 0.3 is 0 Å². The molecule has 2 aliphatic rings. The van der Waals surface area contributed by atoms with E-state index in [1.807, 2.05) is 13.0 Å². The fourth-order valence-electron chi connectivity index (χ4n) is 3.20. The molecule has 4 heteroatoms. The second-order valence-electron chi connectivity index (χ2n) is 5.92. The lowest BCUT2D eigenvalue weighted by Gasteiger charge is -2.30. The number of thiazole rings is 1. The average molecular weight is 288 g/mol. The van der Waals surface area contributed by atoms with E-state index in [1.165, 1.54) is 18.4 Å². The summed E-state index contributed by atoms with van der Waals surface area (Å²) in [5.74, 6) is -0.138. The van der Waals surface area contributed by atoms with Crippen molar-refractivity contribution in [3.05, 3.63) is 51.2 Å². The molecule has 0 bridgehead atoms. The first-order chi connectivity index (χ1) is 9.67. The zero-order valence-corrected chi connectivity index (χ0v) is 12.3. The number of fused-ring (bicyclic) bond motifs is 1. The molecule has 1 aromatic heterocycles. The molecule has 0 amide bonds. The highest BCUT2D eigenvalue weighted by molar-refractivity contribution is 7.09. The van der Waals surface area contributed by atoms with Crippen molar-refractivity contribution < 1.29 is 4.39 Å². The van der Waals surface area contributed by atoms with E-state index in [1.54, 1.807) is 23.5 Å². The number of hydrogen-bond donors (Lipinski definition) is 1. The van der Waals surface area contributed by atoms with E-state index in [9.17, 15) is 4.39 Å². The largest absolute Gasteiger partial charge is 0.299 e. The topological polar surface area (TPSA) is 24.9 Å². The molecule has 2 aromatic rings. The summed E-state index contributed by atoms with van der Waals surface area (Å²) in [6.07, 6.45) is 4.38. The van der Waals surface area contributed by atoms with Crippen LogP contribution < -0.4 is 5.32 Å². The SMILES string of the molecule is Cc1csc(C2(NC3CC3)CCc3cc(F)ccc32)n1. The zero-order valence-electron chi connectivity index (χ0n) is 11.4. The Morgan fingerprint density at radius 2 is 2.25 bits per heavy atom. The molecule has 0 saturated heterocycles. The van der Waals surface area contributed by atoms with Gasteiger partial charge in [-0.25, -0.2) is 9.37 Å². The van der Waals surface area contributed by atoms with Crippen molar-refractivity contribution in [2.75, 3.05) is 0 Å². The van der Waals surface area contributed by atoms with Crippen LogP contribution in [0.3, 0.4) is 0 Å². The van der Waals surface area contributed by atoms with Gasteiger partial charge in [-0.1, -0.05) is 6.07 Å². The Morgan fingerprint density at radius 1 is 1.40 bits per heavy atom. The summed E-state index contributed by atoms with van der Waals surface area (Å²) in [4.78, 5) is 4.73. The number of nitrogens with one attached hydrogen (secondary N) is 1. The molecule has 1 aromatic carbocycles. The van der Waals surface area contributed by atoms with Crippen molar-refractivity contribution in [2.24, 2.45) is 0 Å². The minimum absolute atomic E-state index is 0.138. The van der Waals surface area contributed by atoms with E-state index >= 15 is 0 Å². The predicted molar refractivity (Wildman–Crippen MR) is 78.5 cm³/mol. The van der Waals surface area contributed by atoms with Crippen LogP contribution in [-0.4, -0.2) is 11.0 Å². The van der Waals surface area contributed by atoms with Crippen molar-refractivity contribution in [2.45, 2.75) is 44.2 Å². The lowest BCUT2D eigenvalue weighted by molar-refractivity contribution is 0.392. The Labute approximate surface area is 122 Å². The molecule has 2 nitrogen and oxygen atoms in total. The molecular weight excluding hydrogens is 271 g/mol. The van der Waals surface area contributed by atoms with Gasteiger partial charge < -0.3 is 0 Å². The van der Waals surface area contributed by atoms with Crippen molar-refractivity contribution in [1.82, 2.24) is 10.3 Å². The van der Waals surface area contributed by atoms with Crippen LogP contribution in [0.2, 0.25) is 0 Å². The Morgan fingerprint density at radius 3 is 2.95 bits per heavy atom. The molecule has 1 unspecified atom stereocenters. The van der Waals surface area contributed by atoms with Gasteiger partial charge in [-0.2, -0.15) is 0 Å². The average Bonchev–Trinajstić information content (AvgIpc) is 3.01. The summed E-state index contributed by atoms with van der Waals surface area (Å²) in [6.45, 7) is 2.03. The summed E-state index contributed by atoms with van der Waals surface area (Å²) >= 11 is 1.72. The molecule has 4 rings (SSSR count). The fourth-order valence-corrected chi connectivity index (χ4v) is 4.21. The van der Waals surface area contributed by atoms with Crippen LogP contribution in [0.15, 0.2) is 23.6 Å². The van der Waals surface area contributed by atoms with Gasteiger partial charge in [0.1, 0.15) is 10.8 Å². The van der Waals surface area contributed by atoms with E-state index in [0.717, 1.165) is 29.1 Å². The third-order valence-electron chi connectivity index (χ3n) is 4.31. The second-order valence-corrected chi connectivity index (χ2v) is 6.78. The normalized spacial score (nSPS) is 24.9. The van der Waals surface area contributed by atoms with Crippen LogP contribution in [0.25, 0.3) is 0 Å². The number of hydrogen-bond acceptors (Lipinski definition) is 3. The molecule has 1 atom stereocenters. The highest BCUT2D eigenvalue weighted by Crippen LogP contribution is 2.45. The highest BCUT2D eigenvalue weighted by atomic mass is 32.1. The summed E-state index contributed by atoms with van der Waals surface area (Å²) < 4.78 is 13.5. The van der Waals surface area contributed by atoms with Gasteiger partial charge in [-0.05, 0) is 55.9 Å². The van der Waals surface area contributed by atoms with Crippen LogP contribution in [0.1, 0.15) is 41.1 Å². The number of aromatic nitrogens is 1. The Balaban J connectivity index is 1.85. The molecule has 20 heavy (non-hydrogen) atoms. The summed E-state index contributed by atoms with van der Waals surface area (Å²) in [7, 11) is 0. The molecule has 1 heterocycles.